The molecule has 1 aromatic carbocycles. The maximum atomic E-state index is 12.3. The van der Waals surface area contributed by atoms with Crippen LogP contribution in [0.25, 0.3) is 0 Å². The van der Waals surface area contributed by atoms with Crippen molar-refractivity contribution < 1.29 is 19.1 Å². The van der Waals surface area contributed by atoms with Crippen LogP contribution in [0.4, 0.5) is 10.5 Å². The quantitative estimate of drug-likeness (QED) is 0.605. The smallest absolute Gasteiger partial charge is 0.410 e. The van der Waals surface area contributed by atoms with Crippen molar-refractivity contribution in [3.05, 3.63) is 23.2 Å². The first-order valence-electron chi connectivity index (χ1n) is 10.8. The molecule has 0 spiro atoms. The molecule has 1 aromatic rings. The summed E-state index contributed by atoms with van der Waals surface area (Å²) in [6.07, 6.45) is 0.677. The number of benzene rings is 1. The minimum atomic E-state index is -0.486. The average Bonchev–Trinajstić information content (AvgIpc) is 2.71. The van der Waals surface area contributed by atoms with Crippen molar-refractivity contribution in [2.45, 2.75) is 49.4 Å². The van der Waals surface area contributed by atoms with Crippen molar-refractivity contribution >= 4 is 47.0 Å². The molecular weight excluding hydrogens is 452 g/mol. The molecule has 8 nitrogen and oxygen atoms in total. The van der Waals surface area contributed by atoms with Crippen molar-refractivity contribution in [1.82, 2.24) is 15.1 Å². The van der Waals surface area contributed by atoms with Crippen LogP contribution in [0.5, 0.6) is 0 Å². The number of ether oxygens (including phenoxy) is 1. The summed E-state index contributed by atoms with van der Waals surface area (Å²) in [6, 6.07) is 5.34. The van der Waals surface area contributed by atoms with Crippen LogP contribution < -0.4 is 10.6 Å². The highest BCUT2D eigenvalue weighted by Crippen LogP contribution is 2.38. The summed E-state index contributed by atoms with van der Waals surface area (Å²) in [7, 11) is 0. The highest BCUT2D eigenvalue weighted by molar-refractivity contribution is 8.01. The highest BCUT2D eigenvalue weighted by atomic mass is 35.5. The normalized spacial score (nSPS) is 19.2. The van der Waals surface area contributed by atoms with Crippen molar-refractivity contribution in [2.75, 3.05) is 44.6 Å². The predicted octanol–water partition coefficient (Wildman–Crippen LogP) is 3.20. The Kier molecular flexibility index (Phi) is 8.30. The van der Waals surface area contributed by atoms with E-state index in [2.05, 4.69) is 15.5 Å². The van der Waals surface area contributed by atoms with Crippen LogP contribution in [0, 0.1) is 0 Å². The van der Waals surface area contributed by atoms with Crippen molar-refractivity contribution in [2.24, 2.45) is 0 Å². The van der Waals surface area contributed by atoms with Gasteiger partial charge in [-0.05, 0) is 51.9 Å². The molecule has 0 bridgehead atoms. The molecule has 1 fully saturated rings. The Balaban J connectivity index is 1.32. The molecule has 0 aliphatic carbocycles. The number of piperazine rings is 1. The molecule has 10 heteroatoms. The Labute approximate surface area is 198 Å². The van der Waals surface area contributed by atoms with Gasteiger partial charge in [-0.3, -0.25) is 14.5 Å². The summed E-state index contributed by atoms with van der Waals surface area (Å²) in [5.41, 5.74) is 0.205. The number of carbonyl (C=O) groups is 3. The number of nitrogens with zero attached hydrogens (tertiary/aromatic N) is 2. The lowest BCUT2D eigenvalue weighted by Crippen LogP contribution is -2.50. The third kappa shape index (κ3) is 7.28. The number of hydrogen-bond acceptors (Lipinski definition) is 6. The van der Waals surface area contributed by atoms with Crippen molar-refractivity contribution in [1.29, 1.82) is 0 Å². The van der Waals surface area contributed by atoms with Gasteiger partial charge in [-0.2, -0.15) is 0 Å². The minimum Gasteiger partial charge on any atom is -0.444 e. The fourth-order valence-electron chi connectivity index (χ4n) is 3.51. The zero-order chi connectivity index (χ0) is 23.3. The summed E-state index contributed by atoms with van der Waals surface area (Å²) in [4.78, 5) is 41.7. The van der Waals surface area contributed by atoms with Gasteiger partial charge in [0, 0.05) is 49.1 Å². The number of amides is 3. The molecule has 1 atom stereocenters. The van der Waals surface area contributed by atoms with Gasteiger partial charge in [0.25, 0.3) is 0 Å². The molecule has 176 valence electrons. The SMILES string of the molecule is CC(C)(C)OC(=O)N1CCN(CCCNC(=O)CC2Sc3ccc(Cl)cc3NC2=O)CC1. The van der Waals surface area contributed by atoms with Gasteiger partial charge < -0.3 is 20.3 Å². The Hall–Kier alpha value is -1.97. The molecule has 3 amide bonds. The van der Waals surface area contributed by atoms with Gasteiger partial charge in [0.1, 0.15) is 5.60 Å². The molecule has 3 rings (SSSR count). The van der Waals surface area contributed by atoms with Gasteiger partial charge in [-0.1, -0.05) is 11.6 Å². The van der Waals surface area contributed by atoms with Crippen LogP contribution in [0.1, 0.15) is 33.6 Å². The van der Waals surface area contributed by atoms with E-state index in [0.29, 0.717) is 30.3 Å². The molecular formula is C22H31ClN4O4S. The van der Waals surface area contributed by atoms with Gasteiger partial charge in [-0.25, -0.2) is 4.79 Å². The average molecular weight is 483 g/mol. The zero-order valence-electron chi connectivity index (χ0n) is 18.8. The van der Waals surface area contributed by atoms with Crippen molar-refractivity contribution in [3.63, 3.8) is 0 Å². The second-order valence-corrected chi connectivity index (χ2v) is 10.6. The molecule has 0 radical (unpaired) electrons. The summed E-state index contributed by atoms with van der Waals surface area (Å²) < 4.78 is 5.42. The number of rotatable bonds is 6. The van der Waals surface area contributed by atoms with E-state index < -0.39 is 10.9 Å². The standard InChI is InChI=1S/C22H31ClN4O4S/c1-22(2,3)31-21(30)27-11-9-26(10-12-27)8-4-7-24-19(28)14-18-20(29)25-16-13-15(23)5-6-17(16)32-18/h5-6,13,18H,4,7-12,14H2,1-3H3,(H,24,28)(H,25,29). The Morgan fingerprint density at radius 3 is 2.66 bits per heavy atom. The number of halogens is 1. The fraction of sp³-hybridized carbons (Fsp3) is 0.591. The lowest BCUT2D eigenvalue weighted by atomic mass is 10.2. The number of carbonyl (C=O) groups excluding carboxylic acids is 3. The van der Waals surface area contributed by atoms with Crippen LogP contribution >= 0.6 is 23.4 Å². The molecule has 2 N–H and O–H groups in total. The largest absolute Gasteiger partial charge is 0.444 e. The number of nitrogens with one attached hydrogen (secondary N) is 2. The molecule has 1 saturated heterocycles. The van der Waals surface area contributed by atoms with E-state index in [1.807, 2.05) is 26.8 Å². The van der Waals surface area contributed by atoms with Gasteiger partial charge in [0.05, 0.1) is 10.9 Å². The number of thioether (sulfide) groups is 1. The third-order valence-corrected chi connectivity index (χ3v) is 6.64. The summed E-state index contributed by atoms with van der Waals surface area (Å²) in [6.45, 7) is 9.84. The molecule has 1 unspecified atom stereocenters. The highest BCUT2D eigenvalue weighted by Gasteiger charge is 2.29. The second kappa shape index (κ2) is 10.8. The lowest BCUT2D eigenvalue weighted by molar-refractivity contribution is -0.124. The van der Waals surface area contributed by atoms with Crippen LogP contribution in [0.3, 0.4) is 0 Å². The molecule has 0 saturated carbocycles. The topological polar surface area (TPSA) is 91.0 Å². The molecule has 2 aliphatic rings. The Bertz CT molecular complexity index is 853. The van der Waals surface area contributed by atoms with E-state index in [-0.39, 0.29) is 24.3 Å². The van der Waals surface area contributed by atoms with E-state index in [1.54, 1.807) is 17.0 Å². The van der Waals surface area contributed by atoms with Crippen molar-refractivity contribution in [3.8, 4) is 0 Å². The van der Waals surface area contributed by atoms with E-state index in [4.69, 9.17) is 16.3 Å². The summed E-state index contributed by atoms with van der Waals surface area (Å²) in [5.74, 6) is -0.312. The Morgan fingerprint density at radius 1 is 1.25 bits per heavy atom. The summed E-state index contributed by atoms with van der Waals surface area (Å²) in [5, 5.41) is 5.84. The summed E-state index contributed by atoms with van der Waals surface area (Å²) >= 11 is 7.35. The zero-order valence-corrected chi connectivity index (χ0v) is 20.4. The molecule has 32 heavy (non-hydrogen) atoms. The number of hydrogen-bond donors (Lipinski definition) is 2. The molecule has 2 aliphatic heterocycles. The first kappa shape index (κ1) is 24.7. The van der Waals surface area contributed by atoms with Crippen LogP contribution in [0.15, 0.2) is 23.1 Å². The van der Waals surface area contributed by atoms with Gasteiger partial charge in [0.15, 0.2) is 0 Å². The van der Waals surface area contributed by atoms with E-state index in [0.717, 1.165) is 31.0 Å². The number of anilines is 1. The molecule has 2 heterocycles. The van der Waals surface area contributed by atoms with E-state index in [9.17, 15) is 14.4 Å². The first-order valence-corrected chi connectivity index (χ1v) is 12.1. The third-order valence-electron chi connectivity index (χ3n) is 5.13. The van der Waals surface area contributed by atoms with Crippen LogP contribution in [-0.2, 0) is 14.3 Å². The van der Waals surface area contributed by atoms with E-state index in [1.165, 1.54) is 11.8 Å². The fourth-order valence-corrected chi connectivity index (χ4v) is 4.77. The van der Waals surface area contributed by atoms with Crippen LogP contribution in [-0.4, -0.2) is 77.8 Å². The van der Waals surface area contributed by atoms with Crippen LogP contribution in [0.2, 0.25) is 5.02 Å². The van der Waals surface area contributed by atoms with Gasteiger partial charge in [-0.15, -0.1) is 11.8 Å². The van der Waals surface area contributed by atoms with E-state index >= 15 is 0 Å². The first-order chi connectivity index (χ1) is 15.1. The number of fused-ring (bicyclic) bond motifs is 1. The Morgan fingerprint density at radius 2 is 1.97 bits per heavy atom. The van der Waals surface area contributed by atoms with Gasteiger partial charge in [0.2, 0.25) is 11.8 Å². The van der Waals surface area contributed by atoms with Gasteiger partial charge >= 0.3 is 6.09 Å². The predicted molar refractivity (Wildman–Crippen MR) is 126 cm³/mol. The minimum absolute atomic E-state index is 0.132. The second-order valence-electron chi connectivity index (χ2n) is 8.95. The maximum Gasteiger partial charge on any atom is 0.410 e. The maximum absolute atomic E-state index is 12.3. The lowest BCUT2D eigenvalue weighted by Gasteiger charge is -2.35. The molecule has 0 aromatic heterocycles. The monoisotopic (exact) mass is 482 g/mol.